The number of hydrogen-bond donors (Lipinski definition) is 1. The van der Waals surface area contributed by atoms with Gasteiger partial charge >= 0.3 is 5.97 Å². The minimum absolute atomic E-state index is 0.320. The Morgan fingerprint density at radius 1 is 0.731 bits per heavy atom. The molecular formula is C24H46O2. The molecule has 0 aromatic heterocycles. The van der Waals surface area contributed by atoms with Gasteiger partial charge in [-0.25, -0.2) is 0 Å². The molecule has 0 aliphatic heterocycles. The summed E-state index contributed by atoms with van der Waals surface area (Å²) in [6.45, 7) is 11.8. The monoisotopic (exact) mass is 366 g/mol. The van der Waals surface area contributed by atoms with E-state index in [2.05, 4.69) is 46.8 Å². The lowest BCUT2D eigenvalue weighted by molar-refractivity contribution is -0.137. The Labute approximate surface area is 163 Å². The van der Waals surface area contributed by atoms with E-state index in [1.54, 1.807) is 0 Å². The Bertz CT molecular complexity index is 380. The third kappa shape index (κ3) is 16.7. The Hall–Kier alpha value is -0.790. The summed E-state index contributed by atoms with van der Waals surface area (Å²) in [5.74, 6) is -0.667. The van der Waals surface area contributed by atoms with E-state index < -0.39 is 5.97 Å². The van der Waals surface area contributed by atoms with E-state index in [0.717, 1.165) is 25.7 Å². The molecule has 26 heavy (non-hydrogen) atoms. The van der Waals surface area contributed by atoms with E-state index in [0.29, 0.717) is 17.3 Å². The molecule has 0 unspecified atom stereocenters. The lowest BCUT2D eigenvalue weighted by Gasteiger charge is -2.24. The summed E-state index contributed by atoms with van der Waals surface area (Å²) >= 11 is 0. The van der Waals surface area contributed by atoms with Gasteiger partial charge in [0.15, 0.2) is 0 Å². The predicted molar refractivity (Wildman–Crippen MR) is 115 cm³/mol. The van der Waals surface area contributed by atoms with Crippen LogP contribution in [0.5, 0.6) is 0 Å². The van der Waals surface area contributed by atoms with Crippen molar-refractivity contribution in [2.45, 2.75) is 125 Å². The molecule has 0 aliphatic carbocycles. The van der Waals surface area contributed by atoms with Crippen LogP contribution in [0.15, 0.2) is 12.2 Å². The van der Waals surface area contributed by atoms with E-state index in [4.69, 9.17) is 5.11 Å². The largest absolute Gasteiger partial charge is 0.481 e. The minimum atomic E-state index is -0.667. The number of allylic oxidation sites excluding steroid dienone is 2. The fraction of sp³-hybridized carbons (Fsp3) is 0.875. The van der Waals surface area contributed by atoms with E-state index in [-0.39, 0.29) is 0 Å². The number of carboxylic acid groups (broad SMARTS) is 1. The first-order valence-corrected chi connectivity index (χ1v) is 11.1. The Morgan fingerprint density at radius 2 is 1.15 bits per heavy atom. The van der Waals surface area contributed by atoms with Crippen LogP contribution in [0.1, 0.15) is 125 Å². The van der Waals surface area contributed by atoms with Gasteiger partial charge < -0.3 is 5.11 Å². The molecule has 0 heterocycles. The highest BCUT2D eigenvalue weighted by Gasteiger charge is 2.17. The summed E-state index contributed by atoms with van der Waals surface area (Å²) in [5.41, 5.74) is 0.782. The first-order chi connectivity index (χ1) is 12.2. The zero-order chi connectivity index (χ0) is 19.9. The van der Waals surface area contributed by atoms with Gasteiger partial charge in [-0.05, 0) is 42.9 Å². The van der Waals surface area contributed by atoms with Crippen molar-refractivity contribution >= 4 is 5.97 Å². The number of carboxylic acids is 1. The van der Waals surface area contributed by atoms with Gasteiger partial charge in [-0.1, -0.05) is 98.1 Å². The third-order valence-electron chi connectivity index (χ3n) is 5.46. The van der Waals surface area contributed by atoms with Gasteiger partial charge in [-0.2, -0.15) is 0 Å². The standard InChI is InChI=1S/C24H46O2/c1-6-7-8-10-13-18-23(2,3)20-15-16-21-24(4,5)19-14-11-9-12-17-22(25)26/h15-16H,6-14,17-21H2,1-5H3,(H,25,26). The second kappa shape index (κ2) is 14.3. The van der Waals surface area contributed by atoms with Crippen LogP contribution in [0.3, 0.4) is 0 Å². The molecule has 0 aliphatic rings. The molecule has 2 nitrogen and oxygen atoms in total. The van der Waals surface area contributed by atoms with Gasteiger partial charge in [0, 0.05) is 6.42 Å². The maximum absolute atomic E-state index is 10.5. The fourth-order valence-electron chi connectivity index (χ4n) is 3.45. The summed E-state index contributed by atoms with van der Waals surface area (Å²) in [6, 6.07) is 0. The molecule has 1 N–H and O–H groups in total. The molecule has 2 heteroatoms. The molecule has 0 aromatic rings. The van der Waals surface area contributed by atoms with Gasteiger partial charge in [0.05, 0.1) is 0 Å². The second-order valence-corrected chi connectivity index (χ2v) is 9.68. The summed E-state index contributed by atoms with van der Waals surface area (Å²) < 4.78 is 0. The molecule has 0 amide bonds. The molecule has 0 aromatic carbocycles. The van der Waals surface area contributed by atoms with E-state index in [1.165, 1.54) is 57.8 Å². The minimum Gasteiger partial charge on any atom is -0.481 e. The summed E-state index contributed by atoms with van der Waals surface area (Å²) in [5, 5.41) is 8.65. The van der Waals surface area contributed by atoms with Crippen LogP contribution < -0.4 is 0 Å². The second-order valence-electron chi connectivity index (χ2n) is 9.68. The highest BCUT2D eigenvalue weighted by molar-refractivity contribution is 5.66. The average Bonchev–Trinajstić information content (AvgIpc) is 2.54. The van der Waals surface area contributed by atoms with E-state index in [1.807, 2.05) is 0 Å². The molecule has 0 fully saturated rings. The van der Waals surface area contributed by atoms with E-state index in [9.17, 15) is 4.79 Å². The molecule has 0 spiro atoms. The lowest BCUT2D eigenvalue weighted by atomic mass is 9.81. The number of unbranched alkanes of at least 4 members (excludes halogenated alkanes) is 7. The van der Waals surface area contributed by atoms with Gasteiger partial charge in [-0.15, -0.1) is 0 Å². The Balaban J connectivity index is 3.85. The summed E-state index contributed by atoms with van der Waals surface area (Å²) in [4.78, 5) is 10.5. The van der Waals surface area contributed by atoms with Crippen LogP contribution in [0.25, 0.3) is 0 Å². The van der Waals surface area contributed by atoms with Crippen molar-refractivity contribution in [2.24, 2.45) is 10.8 Å². The van der Waals surface area contributed by atoms with Crippen LogP contribution in [0, 0.1) is 10.8 Å². The lowest BCUT2D eigenvalue weighted by Crippen LogP contribution is -2.11. The van der Waals surface area contributed by atoms with Crippen LogP contribution in [0.2, 0.25) is 0 Å². The van der Waals surface area contributed by atoms with Crippen LogP contribution in [0.4, 0.5) is 0 Å². The smallest absolute Gasteiger partial charge is 0.303 e. The zero-order valence-electron chi connectivity index (χ0n) is 18.4. The Kier molecular flexibility index (Phi) is 13.9. The van der Waals surface area contributed by atoms with Crippen molar-refractivity contribution in [3.8, 4) is 0 Å². The Morgan fingerprint density at radius 3 is 1.58 bits per heavy atom. The number of carbonyl (C=O) groups is 1. The van der Waals surface area contributed by atoms with E-state index >= 15 is 0 Å². The molecule has 154 valence electrons. The fourth-order valence-corrected chi connectivity index (χ4v) is 3.45. The number of hydrogen-bond acceptors (Lipinski definition) is 1. The van der Waals surface area contributed by atoms with Gasteiger partial charge in [-0.3, -0.25) is 4.79 Å². The first-order valence-electron chi connectivity index (χ1n) is 11.1. The summed E-state index contributed by atoms with van der Waals surface area (Å²) in [6.07, 6.45) is 21.1. The third-order valence-corrected chi connectivity index (χ3v) is 5.46. The van der Waals surface area contributed by atoms with Crippen molar-refractivity contribution in [3.63, 3.8) is 0 Å². The molecule has 0 atom stereocenters. The number of rotatable bonds is 17. The van der Waals surface area contributed by atoms with Crippen molar-refractivity contribution in [1.82, 2.24) is 0 Å². The molecule has 0 radical (unpaired) electrons. The van der Waals surface area contributed by atoms with Crippen LogP contribution in [-0.4, -0.2) is 11.1 Å². The normalized spacial score (nSPS) is 12.8. The van der Waals surface area contributed by atoms with Crippen LogP contribution in [-0.2, 0) is 4.79 Å². The SMILES string of the molecule is CCCCCCCC(C)(C)CC=CCC(C)(C)CCCCCCC(=O)O. The van der Waals surface area contributed by atoms with Gasteiger partial charge in [0.25, 0.3) is 0 Å². The molecule has 0 rings (SSSR count). The maximum atomic E-state index is 10.5. The van der Waals surface area contributed by atoms with Crippen LogP contribution >= 0.6 is 0 Å². The predicted octanol–water partition coefficient (Wildman–Crippen LogP) is 8.16. The maximum Gasteiger partial charge on any atom is 0.303 e. The summed E-state index contributed by atoms with van der Waals surface area (Å²) in [7, 11) is 0. The molecule has 0 saturated carbocycles. The molecular weight excluding hydrogens is 320 g/mol. The molecule has 0 bridgehead atoms. The first kappa shape index (κ1) is 25.2. The van der Waals surface area contributed by atoms with Crippen molar-refractivity contribution < 1.29 is 9.90 Å². The quantitative estimate of drug-likeness (QED) is 0.208. The molecule has 0 saturated heterocycles. The van der Waals surface area contributed by atoms with Crippen molar-refractivity contribution in [1.29, 1.82) is 0 Å². The highest BCUT2D eigenvalue weighted by Crippen LogP contribution is 2.31. The topological polar surface area (TPSA) is 37.3 Å². The zero-order valence-corrected chi connectivity index (χ0v) is 18.4. The highest BCUT2D eigenvalue weighted by atomic mass is 16.4. The van der Waals surface area contributed by atoms with Crippen molar-refractivity contribution in [2.75, 3.05) is 0 Å². The van der Waals surface area contributed by atoms with Gasteiger partial charge in [0.1, 0.15) is 0 Å². The number of aliphatic carboxylic acids is 1. The van der Waals surface area contributed by atoms with Crippen molar-refractivity contribution in [3.05, 3.63) is 12.2 Å². The van der Waals surface area contributed by atoms with Gasteiger partial charge in [0.2, 0.25) is 0 Å². The average molecular weight is 367 g/mol.